The van der Waals surface area contributed by atoms with Crippen LogP contribution in [0.5, 0.6) is 0 Å². The zero-order valence-corrected chi connectivity index (χ0v) is 13.1. The van der Waals surface area contributed by atoms with E-state index in [2.05, 4.69) is 0 Å². The molecule has 1 aliphatic carbocycles. The Kier molecular flexibility index (Phi) is 4.39. The maximum Gasteiger partial charge on any atom is 0.245 e. The fourth-order valence-corrected chi connectivity index (χ4v) is 3.99. The Morgan fingerprint density at radius 2 is 1.90 bits per heavy atom. The number of hydrogen-bond acceptors (Lipinski definition) is 4. The van der Waals surface area contributed by atoms with Crippen molar-refractivity contribution in [3.63, 3.8) is 0 Å². The van der Waals surface area contributed by atoms with E-state index >= 15 is 0 Å². The van der Waals surface area contributed by atoms with Gasteiger partial charge in [-0.2, -0.15) is 0 Å². The Bertz CT molecular complexity index is 743. The van der Waals surface area contributed by atoms with Gasteiger partial charge in [0.15, 0.2) is 0 Å². The first kappa shape index (κ1) is 16.3. The van der Waals surface area contributed by atoms with Gasteiger partial charge in [-0.05, 0) is 37.0 Å². The third-order valence-electron chi connectivity index (χ3n) is 3.66. The number of rotatable bonds is 5. The van der Waals surface area contributed by atoms with E-state index < -0.39 is 35.7 Å². The lowest BCUT2D eigenvalue weighted by Crippen LogP contribution is -2.34. The Morgan fingerprint density at radius 3 is 2.33 bits per heavy atom. The molecule has 0 unspecified atom stereocenters. The van der Waals surface area contributed by atoms with Crippen LogP contribution in [0.15, 0.2) is 28.0 Å². The van der Waals surface area contributed by atoms with Crippen LogP contribution in [0.3, 0.4) is 0 Å². The fourth-order valence-electron chi connectivity index (χ4n) is 2.17. The van der Waals surface area contributed by atoms with Gasteiger partial charge >= 0.3 is 0 Å². The number of hydrogen-bond donors (Lipinski definition) is 1. The molecule has 0 bridgehead atoms. The van der Waals surface area contributed by atoms with Gasteiger partial charge in [-0.25, -0.2) is 30.7 Å². The van der Waals surface area contributed by atoms with Crippen molar-refractivity contribution in [2.75, 3.05) is 13.6 Å². The molecule has 0 aromatic heterocycles. The molecule has 0 amide bonds. The SMILES string of the molecule is CN(CC1CCC1)S(=O)(=O)c1ccc(S(N)(=O)=O)cc1F. The van der Waals surface area contributed by atoms with Gasteiger partial charge in [0.2, 0.25) is 20.0 Å². The zero-order valence-electron chi connectivity index (χ0n) is 11.5. The highest BCUT2D eigenvalue weighted by molar-refractivity contribution is 7.89. The zero-order chi connectivity index (χ0) is 15.8. The topological polar surface area (TPSA) is 97.5 Å². The van der Waals surface area contributed by atoms with Crippen molar-refractivity contribution in [1.82, 2.24) is 4.31 Å². The molecule has 0 atom stereocenters. The fraction of sp³-hybridized carbons (Fsp3) is 0.500. The Morgan fingerprint density at radius 1 is 1.29 bits per heavy atom. The lowest BCUT2D eigenvalue weighted by atomic mass is 9.86. The van der Waals surface area contributed by atoms with E-state index in [1.165, 1.54) is 7.05 Å². The Balaban J connectivity index is 2.31. The lowest BCUT2D eigenvalue weighted by molar-refractivity contribution is 0.262. The normalized spacial score (nSPS) is 17.0. The van der Waals surface area contributed by atoms with Gasteiger partial charge in [-0.1, -0.05) is 6.42 Å². The van der Waals surface area contributed by atoms with Crippen molar-refractivity contribution >= 4 is 20.0 Å². The van der Waals surface area contributed by atoms with Gasteiger partial charge in [0.25, 0.3) is 0 Å². The van der Waals surface area contributed by atoms with Crippen molar-refractivity contribution in [2.45, 2.75) is 29.1 Å². The highest BCUT2D eigenvalue weighted by Gasteiger charge is 2.29. The molecule has 0 saturated heterocycles. The minimum absolute atomic E-state index is 0.302. The molecule has 0 radical (unpaired) electrons. The van der Waals surface area contributed by atoms with Crippen molar-refractivity contribution in [2.24, 2.45) is 11.1 Å². The second kappa shape index (κ2) is 5.64. The molecule has 1 aromatic carbocycles. The van der Waals surface area contributed by atoms with Gasteiger partial charge in [-0.3, -0.25) is 0 Å². The van der Waals surface area contributed by atoms with Crippen molar-refractivity contribution < 1.29 is 21.2 Å². The summed E-state index contributed by atoms with van der Waals surface area (Å²) >= 11 is 0. The molecule has 0 spiro atoms. The molecule has 1 aliphatic rings. The van der Waals surface area contributed by atoms with Gasteiger partial charge in [0.05, 0.1) is 4.90 Å². The van der Waals surface area contributed by atoms with E-state index in [0.29, 0.717) is 18.5 Å². The van der Waals surface area contributed by atoms with Crippen LogP contribution in [0, 0.1) is 11.7 Å². The molecule has 6 nitrogen and oxygen atoms in total. The van der Waals surface area contributed by atoms with E-state index in [0.717, 1.165) is 35.7 Å². The van der Waals surface area contributed by atoms with Crippen LogP contribution >= 0.6 is 0 Å². The Hall–Kier alpha value is -1.03. The van der Waals surface area contributed by atoms with Crippen LogP contribution in [0.2, 0.25) is 0 Å². The summed E-state index contributed by atoms with van der Waals surface area (Å²) in [4.78, 5) is -1.00. The van der Waals surface area contributed by atoms with Crippen LogP contribution in [0.1, 0.15) is 19.3 Å². The highest BCUT2D eigenvalue weighted by atomic mass is 32.2. The molecule has 0 heterocycles. The summed E-state index contributed by atoms with van der Waals surface area (Å²) in [6.07, 6.45) is 3.01. The van der Waals surface area contributed by atoms with E-state index in [4.69, 9.17) is 5.14 Å². The minimum Gasteiger partial charge on any atom is -0.225 e. The third kappa shape index (κ3) is 3.42. The quantitative estimate of drug-likeness (QED) is 0.863. The second-order valence-corrected chi connectivity index (χ2v) is 8.79. The first-order valence-corrected chi connectivity index (χ1v) is 9.39. The number of nitrogens with zero attached hydrogens (tertiary/aromatic N) is 1. The van der Waals surface area contributed by atoms with E-state index in [9.17, 15) is 21.2 Å². The molecular formula is C12H17FN2O4S2. The molecule has 2 rings (SSSR count). The van der Waals surface area contributed by atoms with Gasteiger partial charge in [0.1, 0.15) is 10.7 Å². The van der Waals surface area contributed by atoms with Crippen LogP contribution in [-0.2, 0) is 20.0 Å². The van der Waals surface area contributed by atoms with Crippen molar-refractivity contribution in [3.8, 4) is 0 Å². The number of halogens is 1. The average Bonchev–Trinajstić information content (AvgIpc) is 2.31. The molecule has 9 heteroatoms. The number of sulfonamides is 2. The predicted molar refractivity (Wildman–Crippen MR) is 74.9 cm³/mol. The molecule has 2 N–H and O–H groups in total. The molecule has 118 valence electrons. The number of primary sulfonamides is 1. The standard InChI is InChI=1S/C12H17FN2O4S2/c1-15(8-9-3-2-4-9)21(18,19)12-6-5-10(7-11(12)13)20(14,16)17/h5-7,9H,2-4,8H2,1H3,(H2,14,16,17). The number of nitrogens with two attached hydrogens (primary N) is 1. The molecule has 1 aromatic rings. The van der Waals surface area contributed by atoms with E-state index in [1.807, 2.05) is 0 Å². The van der Waals surface area contributed by atoms with E-state index in [1.54, 1.807) is 0 Å². The van der Waals surface area contributed by atoms with Gasteiger partial charge in [-0.15, -0.1) is 0 Å². The smallest absolute Gasteiger partial charge is 0.225 e. The van der Waals surface area contributed by atoms with Crippen molar-refractivity contribution in [1.29, 1.82) is 0 Å². The van der Waals surface area contributed by atoms with Crippen molar-refractivity contribution in [3.05, 3.63) is 24.0 Å². The summed E-state index contributed by atoms with van der Waals surface area (Å²) in [5.74, 6) is -0.821. The summed E-state index contributed by atoms with van der Waals surface area (Å²) in [5.41, 5.74) is 0. The van der Waals surface area contributed by atoms with Crippen LogP contribution in [0.4, 0.5) is 4.39 Å². The molecular weight excluding hydrogens is 319 g/mol. The monoisotopic (exact) mass is 336 g/mol. The van der Waals surface area contributed by atoms with Crippen LogP contribution < -0.4 is 5.14 Å². The largest absolute Gasteiger partial charge is 0.245 e. The second-order valence-electron chi connectivity index (χ2n) is 5.22. The summed E-state index contributed by atoms with van der Waals surface area (Å²) in [6.45, 7) is 0.332. The lowest BCUT2D eigenvalue weighted by Gasteiger charge is -2.29. The van der Waals surface area contributed by atoms with Gasteiger partial charge in [0, 0.05) is 13.6 Å². The van der Waals surface area contributed by atoms with Crippen LogP contribution in [-0.4, -0.2) is 34.7 Å². The summed E-state index contributed by atoms with van der Waals surface area (Å²) < 4.78 is 61.9. The van der Waals surface area contributed by atoms with Gasteiger partial charge < -0.3 is 0 Å². The van der Waals surface area contributed by atoms with Crippen LogP contribution in [0.25, 0.3) is 0 Å². The minimum atomic E-state index is -4.07. The highest BCUT2D eigenvalue weighted by Crippen LogP contribution is 2.29. The number of benzene rings is 1. The Labute approximate surface area is 123 Å². The summed E-state index contributed by atoms with van der Waals surface area (Å²) in [6, 6.07) is 2.55. The maximum atomic E-state index is 13.9. The average molecular weight is 336 g/mol. The third-order valence-corrected chi connectivity index (χ3v) is 6.43. The van der Waals surface area contributed by atoms with E-state index in [-0.39, 0.29) is 0 Å². The first-order chi connectivity index (χ1) is 9.62. The molecule has 0 aliphatic heterocycles. The predicted octanol–water partition coefficient (Wildman–Crippen LogP) is 0.894. The summed E-state index contributed by atoms with van der Waals surface area (Å²) in [7, 11) is -6.66. The molecule has 1 fully saturated rings. The molecule has 21 heavy (non-hydrogen) atoms. The maximum absolute atomic E-state index is 13.9. The first-order valence-electron chi connectivity index (χ1n) is 6.41. The molecule has 1 saturated carbocycles. The summed E-state index contributed by atoms with van der Waals surface area (Å²) in [5, 5.41) is 4.88.